The molecule has 23 heavy (non-hydrogen) atoms. The molecule has 0 aliphatic carbocycles. The van der Waals surface area contributed by atoms with Gasteiger partial charge in [0.05, 0.1) is 5.69 Å². The number of pyridine rings is 1. The minimum atomic E-state index is -0.117. The minimum Gasteiger partial charge on any atom is -0.320 e. The summed E-state index contributed by atoms with van der Waals surface area (Å²) in [7, 11) is 0. The summed E-state index contributed by atoms with van der Waals surface area (Å²) in [4.78, 5) is 17.4. The molecule has 0 aliphatic rings. The van der Waals surface area contributed by atoms with Crippen molar-refractivity contribution >= 4 is 17.2 Å². The van der Waals surface area contributed by atoms with Gasteiger partial charge in [0.2, 0.25) is 0 Å². The zero-order valence-corrected chi connectivity index (χ0v) is 13.7. The highest BCUT2D eigenvalue weighted by molar-refractivity contribution is 6.05. The lowest BCUT2D eigenvalue weighted by atomic mass is 10.0. The maximum atomic E-state index is 12.9. The van der Waals surface area contributed by atoms with E-state index in [1.807, 2.05) is 53.9 Å². The molecule has 0 radical (unpaired) electrons. The normalized spacial score (nSPS) is 11.1. The zero-order valence-electron chi connectivity index (χ0n) is 13.7. The number of carbonyl (C=O) groups excluding carboxylic acids is 1. The molecule has 0 unspecified atom stereocenters. The second-order valence-corrected chi connectivity index (χ2v) is 5.89. The molecule has 1 N–H and O–H groups in total. The van der Waals surface area contributed by atoms with E-state index in [1.165, 1.54) is 0 Å². The first-order valence-corrected chi connectivity index (χ1v) is 7.98. The van der Waals surface area contributed by atoms with Crippen LogP contribution in [0.25, 0.3) is 5.65 Å². The van der Waals surface area contributed by atoms with E-state index in [9.17, 15) is 4.79 Å². The van der Waals surface area contributed by atoms with Gasteiger partial charge in [-0.15, -0.1) is 0 Å². The van der Waals surface area contributed by atoms with Gasteiger partial charge in [-0.05, 0) is 36.1 Å². The molecule has 3 rings (SSSR count). The van der Waals surface area contributed by atoms with Crippen LogP contribution in [0, 0.1) is 0 Å². The number of hydrogen-bond donors (Lipinski definition) is 1. The summed E-state index contributed by atoms with van der Waals surface area (Å²) in [6.45, 7) is 6.26. The van der Waals surface area contributed by atoms with Gasteiger partial charge in [0.25, 0.3) is 5.91 Å². The SMILES string of the molecule is CCc1nc2ccccn2c1C(=O)Nc1ccccc1C(C)C. The number of imidazole rings is 1. The van der Waals surface area contributed by atoms with Gasteiger partial charge in [0.1, 0.15) is 11.3 Å². The topological polar surface area (TPSA) is 46.4 Å². The molecule has 2 heterocycles. The minimum absolute atomic E-state index is 0.117. The monoisotopic (exact) mass is 307 g/mol. The Morgan fingerprint density at radius 2 is 1.91 bits per heavy atom. The molecule has 2 aromatic heterocycles. The first-order valence-electron chi connectivity index (χ1n) is 7.98. The summed E-state index contributed by atoms with van der Waals surface area (Å²) in [6, 6.07) is 13.7. The Bertz CT molecular complexity index is 849. The molecule has 0 saturated heterocycles. The number of nitrogens with one attached hydrogen (secondary N) is 1. The molecule has 0 fully saturated rings. The molecule has 4 nitrogen and oxygen atoms in total. The van der Waals surface area contributed by atoms with Crippen molar-refractivity contribution in [2.45, 2.75) is 33.1 Å². The van der Waals surface area contributed by atoms with Crippen LogP contribution in [-0.4, -0.2) is 15.3 Å². The largest absolute Gasteiger partial charge is 0.320 e. The summed E-state index contributed by atoms with van der Waals surface area (Å²) in [6.07, 6.45) is 2.60. The average Bonchev–Trinajstić information content (AvgIpc) is 2.93. The quantitative estimate of drug-likeness (QED) is 0.782. The third-order valence-electron chi connectivity index (χ3n) is 3.98. The summed E-state index contributed by atoms with van der Waals surface area (Å²) in [5, 5.41) is 3.06. The summed E-state index contributed by atoms with van der Waals surface area (Å²) in [5.74, 6) is 0.230. The fourth-order valence-electron chi connectivity index (χ4n) is 2.83. The molecule has 118 valence electrons. The molecular weight excluding hydrogens is 286 g/mol. The molecule has 0 bridgehead atoms. The van der Waals surface area contributed by atoms with E-state index in [0.717, 1.165) is 29.0 Å². The van der Waals surface area contributed by atoms with Crippen molar-refractivity contribution in [1.82, 2.24) is 9.38 Å². The van der Waals surface area contributed by atoms with E-state index < -0.39 is 0 Å². The summed E-state index contributed by atoms with van der Waals surface area (Å²) < 4.78 is 1.85. The zero-order chi connectivity index (χ0) is 16.4. The highest BCUT2D eigenvalue weighted by atomic mass is 16.2. The third kappa shape index (κ3) is 2.84. The van der Waals surface area contributed by atoms with E-state index in [1.54, 1.807) is 0 Å². The van der Waals surface area contributed by atoms with Gasteiger partial charge in [0.15, 0.2) is 0 Å². The number of aryl methyl sites for hydroxylation is 1. The summed E-state index contributed by atoms with van der Waals surface area (Å²) in [5.41, 5.74) is 4.22. The van der Waals surface area contributed by atoms with Crippen LogP contribution in [0.5, 0.6) is 0 Å². The Morgan fingerprint density at radius 3 is 2.65 bits per heavy atom. The standard InChI is InChI=1S/C19H21N3O/c1-4-15-18(22-12-8-7-11-17(22)20-15)19(23)21-16-10-6-5-9-14(16)13(2)3/h5-13H,4H2,1-3H3,(H,21,23). The highest BCUT2D eigenvalue weighted by Crippen LogP contribution is 2.25. The van der Waals surface area contributed by atoms with Crippen LogP contribution in [0.1, 0.15) is 48.4 Å². The van der Waals surface area contributed by atoms with Crippen LogP contribution in [0.4, 0.5) is 5.69 Å². The summed E-state index contributed by atoms with van der Waals surface area (Å²) >= 11 is 0. The van der Waals surface area contributed by atoms with Gasteiger partial charge in [-0.1, -0.05) is 45.0 Å². The number of fused-ring (bicyclic) bond motifs is 1. The molecule has 0 aliphatic heterocycles. The molecule has 0 spiro atoms. The first-order chi connectivity index (χ1) is 11.1. The number of hydrogen-bond acceptors (Lipinski definition) is 2. The Labute approximate surface area is 136 Å². The van der Waals surface area contributed by atoms with Gasteiger partial charge in [0, 0.05) is 11.9 Å². The van der Waals surface area contributed by atoms with Gasteiger partial charge in [-0.3, -0.25) is 9.20 Å². The smallest absolute Gasteiger partial charge is 0.274 e. The lowest BCUT2D eigenvalue weighted by Gasteiger charge is -2.14. The van der Waals surface area contributed by atoms with Crippen LogP contribution < -0.4 is 5.32 Å². The van der Waals surface area contributed by atoms with Crippen molar-refractivity contribution in [2.24, 2.45) is 0 Å². The second-order valence-electron chi connectivity index (χ2n) is 5.89. The Hall–Kier alpha value is -2.62. The van der Waals surface area contributed by atoms with Crippen molar-refractivity contribution in [3.8, 4) is 0 Å². The number of nitrogens with zero attached hydrogens (tertiary/aromatic N) is 2. The number of para-hydroxylation sites is 1. The van der Waals surface area contributed by atoms with Gasteiger partial charge in [-0.25, -0.2) is 4.98 Å². The van der Waals surface area contributed by atoms with Crippen molar-refractivity contribution in [2.75, 3.05) is 5.32 Å². The number of amides is 1. The van der Waals surface area contributed by atoms with Crippen LogP contribution in [0.2, 0.25) is 0 Å². The van der Waals surface area contributed by atoms with Crippen LogP contribution in [0.3, 0.4) is 0 Å². The predicted molar refractivity (Wildman–Crippen MR) is 93.1 cm³/mol. The van der Waals surface area contributed by atoms with Crippen LogP contribution in [-0.2, 0) is 6.42 Å². The molecule has 3 aromatic rings. The van der Waals surface area contributed by atoms with Gasteiger partial charge >= 0.3 is 0 Å². The molecule has 0 atom stereocenters. The van der Waals surface area contributed by atoms with Crippen molar-refractivity contribution in [1.29, 1.82) is 0 Å². The van der Waals surface area contributed by atoms with Gasteiger partial charge in [-0.2, -0.15) is 0 Å². The molecule has 1 amide bonds. The molecule has 4 heteroatoms. The fraction of sp³-hybridized carbons (Fsp3) is 0.263. The molecular formula is C19H21N3O. The lowest BCUT2D eigenvalue weighted by molar-refractivity contribution is 0.102. The highest BCUT2D eigenvalue weighted by Gasteiger charge is 2.19. The van der Waals surface area contributed by atoms with Crippen LogP contribution >= 0.6 is 0 Å². The number of anilines is 1. The third-order valence-corrected chi connectivity index (χ3v) is 3.98. The number of rotatable bonds is 4. The fourth-order valence-corrected chi connectivity index (χ4v) is 2.83. The first kappa shape index (κ1) is 15.3. The van der Waals surface area contributed by atoms with E-state index in [4.69, 9.17) is 0 Å². The molecule has 1 aromatic carbocycles. The van der Waals surface area contributed by atoms with Crippen molar-refractivity contribution in [3.05, 3.63) is 65.6 Å². The average molecular weight is 307 g/mol. The van der Waals surface area contributed by atoms with Crippen molar-refractivity contribution < 1.29 is 4.79 Å². The van der Waals surface area contributed by atoms with Crippen LogP contribution in [0.15, 0.2) is 48.7 Å². The van der Waals surface area contributed by atoms with Crippen molar-refractivity contribution in [3.63, 3.8) is 0 Å². The molecule has 0 saturated carbocycles. The maximum absolute atomic E-state index is 12.9. The number of benzene rings is 1. The Kier molecular flexibility index (Phi) is 4.15. The van der Waals surface area contributed by atoms with E-state index in [-0.39, 0.29) is 5.91 Å². The Morgan fingerprint density at radius 1 is 1.17 bits per heavy atom. The number of carbonyl (C=O) groups is 1. The second kappa shape index (κ2) is 6.24. The van der Waals surface area contributed by atoms with E-state index in [0.29, 0.717) is 11.6 Å². The maximum Gasteiger partial charge on any atom is 0.274 e. The number of aromatic nitrogens is 2. The Balaban J connectivity index is 2.02. The van der Waals surface area contributed by atoms with Gasteiger partial charge < -0.3 is 5.32 Å². The lowest BCUT2D eigenvalue weighted by Crippen LogP contribution is -2.17. The van der Waals surface area contributed by atoms with E-state index in [2.05, 4.69) is 30.2 Å². The van der Waals surface area contributed by atoms with E-state index >= 15 is 0 Å². The predicted octanol–water partition coefficient (Wildman–Crippen LogP) is 4.27.